The van der Waals surface area contributed by atoms with Crippen LogP contribution in [0.4, 0.5) is 0 Å². The lowest BCUT2D eigenvalue weighted by Crippen LogP contribution is -2.16. The van der Waals surface area contributed by atoms with Gasteiger partial charge in [-0.3, -0.25) is 0 Å². The van der Waals surface area contributed by atoms with Crippen molar-refractivity contribution in [2.24, 2.45) is 0 Å². The monoisotopic (exact) mass is 249 g/mol. The lowest BCUT2D eigenvalue weighted by molar-refractivity contribution is 0.518. The van der Waals surface area contributed by atoms with Crippen LogP contribution >= 0.6 is 11.6 Å². The Morgan fingerprint density at radius 3 is 2.65 bits per heavy atom. The first-order valence-corrected chi connectivity index (χ1v) is 6.45. The molecule has 90 valence electrons. The zero-order valence-electron chi connectivity index (χ0n) is 10.4. The quantitative estimate of drug-likeness (QED) is 0.762. The van der Waals surface area contributed by atoms with Crippen LogP contribution in [-0.2, 0) is 5.54 Å². The maximum absolute atomic E-state index is 6.24. The fourth-order valence-electron chi connectivity index (χ4n) is 2.27. The van der Waals surface area contributed by atoms with Crippen molar-refractivity contribution >= 4 is 22.8 Å². The Morgan fingerprint density at radius 2 is 2.06 bits per heavy atom. The number of pyridine rings is 1. The van der Waals surface area contributed by atoms with Crippen molar-refractivity contribution in [1.29, 1.82) is 0 Å². The fourth-order valence-corrected chi connectivity index (χ4v) is 2.42. The number of nitrogens with zero attached hydrogens (tertiary/aromatic N) is 3. The normalized spacial score (nSPS) is 19.5. The molecule has 1 aliphatic carbocycles. The summed E-state index contributed by atoms with van der Waals surface area (Å²) in [5.41, 5.74) is 3.13. The number of hydrogen-bond acceptors (Lipinski definition) is 2. The second kappa shape index (κ2) is 3.45. The van der Waals surface area contributed by atoms with E-state index >= 15 is 0 Å². The molecular formula is C13H16ClN3. The van der Waals surface area contributed by atoms with Crippen molar-refractivity contribution in [2.75, 3.05) is 0 Å². The number of aryl methyl sites for hydroxylation is 1. The molecule has 0 aliphatic heterocycles. The third kappa shape index (κ3) is 1.64. The predicted octanol–water partition coefficient (Wildman–Crippen LogP) is 3.55. The van der Waals surface area contributed by atoms with Crippen molar-refractivity contribution in [2.45, 2.75) is 44.5 Å². The average Bonchev–Trinajstić information content (AvgIpc) is 2.88. The molecule has 0 bridgehead atoms. The first-order valence-electron chi connectivity index (χ1n) is 6.02. The Bertz CT molecular complexity index is 582. The molecule has 1 saturated carbocycles. The number of imidazole rings is 1. The topological polar surface area (TPSA) is 30.7 Å². The highest BCUT2D eigenvalue weighted by Crippen LogP contribution is 2.46. The Morgan fingerprint density at radius 1 is 1.35 bits per heavy atom. The van der Waals surface area contributed by atoms with Crippen molar-refractivity contribution in [3.8, 4) is 0 Å². The van der Waals surface area contributed by atoms with Gasteiger partial charge in [0.15, 0.2) is 5.65 Å². The number of hydrogen-bond donors (Lipinski definition) is 0. The maximum Gasteiger partial charge on any atom is 0.160 e. The first-order chi connectivity index (χ1) is 8.01. The summed E-state index contributed by atoms with van der Waals surface area (Å²) in [6.07, 6.45) is 2.37. The van der Waals surface area contributed by atoms with Gasteiger partial charge in [-0.15, -0.1) is 11.6 Å². The number of fused-ring (bicyclic) bond motifs is 1. The summed E-state index contributed by atoms with van der Waals surface area (Å²) in [4.78, 5) is 9.26. The van der Waals surface area contributed by atoms with Gasteiger partial charge in [0.2, 0.25) is 0 Å². The van der Waals surface area contributed by atoms with E-state index in [1.165, 1.54) is 12.8 Å². The van der Waals surface area contributed by atoms with E-state index in [2.05, 4.69) is 21.5 Å². The molecule has 0 spiro atoms. The second-order valence-electron chi connectivity index (χ2n) is 5.21. The molecule has 1 fully saturated rings. The van der Waals surface area contributed by atoms with Gasteiger partial charge in [0, 0.05) is 11.2 Å². The van der Waals surface area contributed by atoms with E-state index in [0.29, 0.717) is 0 Å². The van der Waals surface area contributed by atoms with Crippen LogP contribution in [0.1, 0.15) is 43.6 Å². The molecule has 0 aromatic carbocycles. The van der Waals surface area contributed by atoms with E-state index in [1.807, 2.05) is 26.0 Å². The third-order valence-corrected chi connectivity index (χ3v) is 3.73. The Kier molecular flexibility index (Phi) is 2.24. The van der Waals surface area contributed by atoms with Gasteiger partial charge in [-0.2, -0.15) is 0 Å². The summed E-state index contributed by atoms with van der Waals surface area (Å²) in [5, 5.41) is -0.0815. The van der Waals surface area contributed by atoms with Gasteiger partial charge in [-0.1, -0.05) is 0 Å². The lowest BCUT2D eigenvalue weighted by atomic mass is 10.3. The highest BCUT2D eigenvalue weighted by atomic mass is 35.5. The largest absolute Gasteiger partial charge is 0.306 e. The van der Waals surface area contributed by atoms with Gasteiger partial charge >= 0.3 is 0 Å². The summed E-state index contributed by atoms with van der Waals surface area (Å²) in [7, 11) is 0. The lowest BCUT2D eigenvalue weighted by Gasteiger charge is -2.16. The number of rotatable bonds is 2. The summed E-state index contributed by atoms with van der Waals surface area (Å²) in [5.74, 6) is 0.944. The zero-order chi connectivity index (χ0) is 12.2. The minimum absolute atomic E-state index is 0.0815. The summed E-state index contributed by atoms with van der Waals surface area (Å²) < 4.78 is 2.24. The molecule has 0 amide bonds. The highest BCUT2D eigenvalue weighted by molar-refractivity contribution is 6.20. The number of halogens is 1. The average molecular weight is 250 g/mol. The van der Waals surface area contributed by atoms with E-state index in [0.717, 1.165) is 22.7 Å². The molecule has 17 heavy (non-hydrogen) atoms. The molecule has 2 aromatic rings. The molecular weight excluding hydrogens is 234 g/mol. The Hall–Kier alpha value is -1.09. The van der Waals surface area contributed by atoms with E-state index in [1.54, 1.807) is 0 Å². The van der Waals surface area contributed by atoms with Crippen molar-refractivity contribution < 1.29 is 0 Å². The number of alkyl halides is 1. The van der Waals surface area contributed by atoms with Gasteiger partial charge < -0.3 is 4.57 Å². The van der Waals surface area contributed by atoms with E-state index in [4.69, 9.17) is 11.6 Å². The van der Waals surface area contributed by atoms with Crippen LogP contribution in [0.2, 0.25) is 0 Å². The minimum Gasteiger partial charge on any atom is -0.306 e. The molecule has 2 aromatic heterocycles. The van der Waals surface area contributed by atoms with Gasteiger partial charge in [-0.05, 0) is 45.7 Å². The van der Waals surface area contributed by atoms with E-state index in [-0.39, 0.29) is 10.9 Å². The molecule has 1 unspecified atom stereocenters. The molecule has 4 heteroatoms. The number of aromatic nitrogens is 3. The second-order valence-corrected chi connectivity index (χ2v) is 5.87. The summed E-state index contributed by atoms with van der Waals surface area (Å²) >= 11 is 6.24. The fraction of sp³-hybridized carbons (Fsp3) is 0.538. The Labute approximate surface area is 106 Å². The smallest absolute Gasteiger partial charge is 0.160 e. The zero-order valence-corrected chi connectivity index (χ0v) is 11.1. The van der Waals surface area contributed by atoms with Gasteiger partial charge in [0.05, 0.1) is 5.38 Å². The molecule has 0 radical (unpaired) electrons. The molecule has 2 heterocycles. The van der Waals surface area contributed by atoms with Crippen molar-refractivity contribution in [3.63, 3.8) is 0 Å². The van der Waals surface area contributed by atoms with Crippen molar-refractivity contribution in [3.05, 3.63) is 23.7 Å². The van der Waals surface area contributed by atoms with E-state index in [9.17, 15) is 0 Å². The molecule has 3 rings (SSSR count). The summed E-state index contributed by atoms with van der Waals surface area (Å²) in [6, 6.07) is 4.03. The molecule has 1 atom stereocenters. The van der Waals surface area contributed by atoms with Crippen LogP contribution in [0.3, 0.4) is 0 Å². The SMILES string of the molecule is Cc1ccc2nc(C(C)Cl)n(C3(C)CC3)c2n1. The highest BCUT2D eigenvalue weighted by Gasteiger charge is 2.42. The van der Waals surface area contributed by atoms with Crippen LogP contribution in [-0.4, -0.2) is 14.5 Å². The summed E-state index contributed by atoms with van der Waals surface area (Å²) in [6.45, 7) is 6.23. The van der Waals surface area contributed by atoms with Crippen LogP contribution in [0.15, 0.2) is 12.1 Å². The van der Waals surface area contributed by atoms with Gasteiger partial charge in [-0.25, -0.2) is 9.97 Å². The van der Waals surface area contributed by atoms with Crippen LogP contribution in [0.5, 0.6) is 0 Å². The molecule has 1 aliphatic rings. The molecule has 0 N–H and O–H groups in total. The van der Waals surface area contributed by atoms with Crippen LogP contribution in [0.25, 0.3) is 11.2 Å². The van der Waals surface area contributed by atoms with Crippen LogP contribution in [0, 0.1) is 6.92 Å². The van der Waals surface area contributed by atoms with Gasteiger partial charge in [0.1, 0.15) is 11.3 Å². The first kappa shape index (κ1) is 11.0. The maximum atomic E-state index is 6.24. The third-order valence-electron chi connectivity index (χ3n) is 3.54. The predicted molar refractivity (Wildman–Crippen MR) is 69.4 cm³/mol. The molecule has 3 nitrogen and oxygen atoms in total. The minimum atomic E-state index is -0.0815. The van der Waals surface area contributed by atoms with Crippen LogP contribution < -0.4 is 0 Å². The van der Waals surface area contributed by atoms with E-state index < -0.39 is 0 Å². The van der Waals surface area contributed by atoms with Crippen molar-refractivity contribution in [1.82, 2.24) is 14.5 Å². The standard InChI is InChI=1S/C13H16ClN3/c1-8-4-5-10-12(15-8)17(13(3)6-7-13)11(16-10)9(2)14/h4-5,9H,6-7H2,1-3H3. The Balaban J connectivity index is 2.33. The molecule has 0 saturated heterocycles. The van der Waals surface area contributed by atoms with Gasteiger partial charge in [0.25, 0.3) is 0 Å².